The van der Waals surface area contributed by atoms with Crippen LogP contribution in [-0.2, 0) is 4.79 Å². The molecule has 8 unspecified atom stereocenters. The minimum atomic E-state index is -0.658. The van der Waals surface area contributed by atoms with Crippen LogP contribution >= 0.6 is 0 Å². The van der Waals surface area contributed by atoms with Crippen molar-refractivity contribution in [1.82, 2.24) is 5.32 Å². The van der Waals surface area contributed by atoms with Crippen LogP contribution in [0.5, 0.6) is 0 Å². The van der Waals surface area contributed by atoms with Crippen molar-refractivity contribution in [3.8, 4) is 0 Å². The molecular weight excluding hydrogens is 494 g/mol. The molecule has 6 aliphatic carbocycles. The average molecular weight is 552 g/mol. The van der Waals surface area contributed by atoms with Gasteiger partial charge in [-0.25, -0.2) is 0 Å². The first-order chi connectivity index (χ1) is 18.7. The van der Waals surface area contributed by atoms with Crippen LogP contribution in [0.25, 0.3) is 0 Å². The van der Waals surface area contributed by atoms with E-state index in [2.05, 4.69) is 45.2 Å². The Kier molecular flexibility index (Phi) is 7.02. The Morgan fingerprint density at radius 3 is 2.40 bits per heavy atom. The zero-order chi connectivity index (χ0) is 28.7. The zero-order valence-corrected chi connectivity index (χ0v) is 26.3. The van der Waals surface area contributed by atoms with Crippen molar-refractivity contribution in [1.29, 1.82) is 0 Å². The van der Waals surface area contributed by atoms with Gasteiger partial charge in [0, 0.05) is 12.1 Å². The summed E-state index contributed by atoms with van der Waals surface area (Å²) in [5, 5.41) is 24.0. The van der Waals surface area contributed by atoms with E-state index in [0.717, 1.165) is 36.5 Å². The highest BCUT2D eigenvalue weighted by Crippen LogP contribution is 2.75. The molecule has 0 saturated heterocycles. The van der Waals surface area contributed by atoms with Crippen LogP contribution in [-0.4, -0.2) is 33.9 Å². The van der Waals surface area contributed by atoms with Crippen molar-refractivity contribution in [2.24, 2.45) is 51.8 Å². The Hall–Kier alpha value is -1.13. The number of fused-ring (bicyclic) bond motifs is 7. The molecule has 3 N–H and O–H groups in total. The van der Waals surface area contributed by atoms with Crippen LogP contribution in [0.1, 0.15) is 125 Å². The van der Waals surface area contributed by atoms with E-state index in [9.17, 15) is 15.0 Å². The molecule has 10 atom stereocenters. The van der Waals surface area contributed by atoms with E-state index in [1.165, 1.54) is 69.8 Å². The van der Waals surface area contributed by atoms with Gasteiger partial charge < -0.3 is 15.5 Å². The first-order valence-electron chi connectivity index (χ1n) is 16.8. The number of aliphatic carboxylic acids is 1. The van der Waals surface area contributed by atoms with E-state index in [0.29, 0.717) is 35.1 Å². The molecule has 0 aromatic carbocycles. The molecule has 6 aliphatic rings. The summed E-state index contributed by atoms with van der Waals surface area (Å²) >= 11 is 0. The molecule has 4 nitrogen and oxygen atoms in total. The molecule has 224 valence electrons. The van der Waals surface area contributed by atoms with E-state index >= 15 is 0 Å². The molecule has 0 bridgehead atoms. The van der Waals surface area contributed by atoms with Gasteiger partial charge >= 0.3 is 5.97 Å². The third-order valence-corrected chi connectivity index (χ3v) is 14.6. The maximum absolute atomic E-state index is 11.5. The number of aliphatic hydroxyl groups is 1. The van der Waals surface area contributed by atoms with Crippen LogP contribution in [0.4, 0.5) is 0 Å². The highest BCUT2D eigenvalue weighted by molar-refractivity contribution is 5.70. The molecule has 0 aromatic rings. The van der Waals surface area contributed by atoms with Gasteiger partial charge in [-0.05, 0) is 148 Å². The SMILES string of the molecule is CC1C(C2=CCC(C(=O)O)CC2)=CCC2(C)C1CCC1(C)C2CCC2C3CCC[C@]3(NCC(C)(C)O)CC[C@]21C. The van der Waals surface area contributed by atoms with Gasteiger partial charge in [0.15, 0.2) is 0 Å². The average Bonchev–Trinajstić information content (AvgIpc) is 3.32. The zero-order valence-electron chi connectivity index (χ0n) is 26.3. The third kappa shape index (κ3) is 4.23. The summed E-state index contributed by atoms with van der Waals surface area (Å²) in [7, 11) is 0. The number of carbonyl (C=O) groups is 1. The summed E-state index contributed by atoms with van der Waals surface area (Å²) in [5.41, 5.74) is 3.72. The van der Waals surface area contributed by atoms with Gasteiger partial charge in [-0.1, -0.05) is 46.3 Å². The number of hydrogen-bond donors (Lipinski definition) is 3. The summed E-state index contributed by atoms with van der Waals surface area (Å²) in [5.74, 6) is 2.79. The van der Waals surface area contributed by atoms with Gasteiger partial charge in [-0.3, -0.25) is 4.79 Å². The normalized spacial score (nSPS) is 48.7. The van der Waals surface area contributed by atoms with Crippen LogP contribution in [0.3, 0.4) is 0 Å². The highest BCUT2D eigenvalue weighted by atomic mass is 16.4. The van der Waals surface area contributed by atoms with Gasteiger partial charge in [0.25, 0.3) is 0 Å². The number of β-amino-alcohol motifs (C(OH)–C–C–N with tert-alkyl or cyclic N) is 1. The van der Waals surface area contributed by atoms with Crippen molar-refractivity contribution in [3.05, 3.63) is 23.3 Å². The van der Waals surface area contributed by atoms with Gasteiger partial charge in [-0.2, -0.15) is 0 Å². The van der Waals surface area contributed by atoms with E-state index in [1.54, 1.807) is 5.57 Å². The van der Waals surface area contributed by atoms with Crippen molar-refractivity contribution in [3.63, 3.8) is 0 Å². The molecule has 0 aromatic heterocycles. The first kappa shape index (κ1) is 29.0. The van der Waals surface area contributed by atoms with Gasteiger partial charge in [0.2, 0.25) is 0 Å². The molecule has 0 heterocycles. The van der Waals surface area contributed by atoms with Crippen molar-refractivity contribution in [2.75, 3.05) is 6.54 Å². The molecule has 4 fully saturated rings. The maximum Gasteiger partial charge on any atom is 0.306 e. The molecule has 0 spiro atoms. The highest BCUT2D eigenvalue weighted by Gasteiger charge is 2.68. The van der Waals surface area contributed by atoms with Gasteiger partial charge in [-0.15, -0.1) is 0 Å². The summed E-state index contributed by atoms with van der Waals surface area (Å²) in [6, 6.07) is 0. The molecule has 0 amide bonds. The lowest BCUT2D eigenvalue weighted by Crippen LogP contribution is -2.67. The standard InChI is InChI=1S/C36H57NO3/c1-23-26(24-9-11-25(12-10-24)31(38)39)15-18-33(4)27(23)16-19-35(6)30(33)14-13-28-29-8-7-17-36(29,21-20-34(28,35)5)37-22-32(2,3)40/h9,15,23,25,27-30,37,40H,7-8,10-14,16-22H2,1-6H3,(H,38,39)/t23?,25?,27?,28?,29?,30?,33?,34-,35?,36+/m1/s1. The smallest absolute Gasteiger partial charge is 0.306 e. The molecular formula is C36H57NO3. The van der Waals surface area contributed by atoms with E-state index in [4.69, 9.17) is 0 Å². The lowest BCUT2D eigenvalue weighted by atomic mass is 9.34. The molecule has 6 rings (SSSR count). The van der Waals surface area contributed by atoms with E-state index in [1.807, 2.05) is 13.8 Å². The summed E-state index contributed by atoms with van der Waals surface area (Å²) < 4.78 is 0. The number of nitrogens with one attached hydrogen (secondary N) is 1. The Labute approximate surface area is 243 Å². The largest absolute Gasteiger partial charge is 0.481 e. The Morgan fingerprint density at radius 2 is 1.73 bits per heavy atom. The fraction of sp³-hybridized carbons (Fsp3) is 0.861. The summed E-state index contributed by atoms with van der Waals surface area (Å²) in [4.78, 5) is 11.5. The third-order valence-electron chi connectivity index (χ3n) is 14.6. The number of carboxylic acid groups (broad SMARTS) is 1. The molecule has 0 aliphatic heterocycles. The summed E-state index contributed by atoms with van der Waals surface area (Å²) in [6.07, 6.45) is 20.5. The van der Waals surface area contributed by atoms with Gasteiger partial charge in [0.1, 0.15) is 0 Å². The molecule has 0 radical (unpaired) electrons. The number of hydrogen-bond acceptors (Lipinski definition) is 3. The molecule has 4 saturated carbocycles. The predicted molar refractivity (Wildman–Crippen MR) is 162 cm³/mol. The van der Waals surface area contributed by atoms with Crippen molar-refractivity contribution < 1.29 is 15.0 Å². The van der Waals surface area contributed by atoms with E-state index in [-0.39, 0.29) is 11.5 Å². The molecule has 4 heteroatoms. The van der Waals surface area contributed by atoms with Crippen molar-refractivity contribution in [2.45, 2.75) is 136 Å². The van der Waals surface area contributed by atoms with Crippen LogP contribution in [0.2, 0.25) is 0 Å². The van der Waals surface area contributed by atoms with Crippen LogP contribution in [0, 0.1) is 51.8 Å². The number of carboxylic acids is 1. The monoisotopic (exact) mass is 551 g/mol. The number of allylic oxidation sites excluding steroid dienone is 4. The number of rotatable bonds is 5. The van der Waals surface area contributed by atoms with E-state index < -0.39 is 11.6 Å². The minimum Gasteiger partial charge on any atom is -0.481 e. The Balaban J connectivity index is 1.26. The van der Waals surface area contributed by atoms with Crippen LogP contribution < -0.4 is 5.32 Å². The quantitative estimate of drug-likeness (QED) is 0.325. The Bertz CT molecular complexity index is 1090. The lowest BCUT2D eigenvalue weighted by Gasteiger charge is -2.71. The Morgan fingerprint density at radius 1 is 0.950 bits per heavy atom. The molecule has 40 heavy (non-hydrogen) atoms. The van der Waals surface area contributed by atoms with Gasteiger partial charge in [0.05, 0.1) is 11.5 Å². The second-order valence-corrected chi connectivity index (χ2v) is 16.7. The summed E-state index contributed by atoms with van der Waals surface area (Å²) in [6.45, 7) is 15.2. The second-order valence-electron chi connectivity index (χ2n) is 16.7. The minimum absolute atomic E-state index is 0.195. The topological polar surface area (TPSA) is 69.6 Å². The predicted octanol–water partition coefficient (Wildman–Crippen LogP) is 7.91. The fourth-order valence-electron chi connectivity index (χ4n) is 12.3. The fourth-order valence-corrected chi connectivity index (χ4v) is 12.3. The first-order valence-corrected chi connectivity index (χ1v) is 16.8. The lowest BCUT2D eigenvalue weighted by molar-refractivity contribution is -0.213. The second kappa shape index (κ2) is 9.69. The maximum atomic E-state index is 11.5. The van der Waals surface area contributed by atoms with Crippen molar-refractivity contribution >= 4 is 5.97 Å². The van der Waals surface area contributed by atoms with Crippen LogP contribution in [0.15, 0.2) is 23.3 Å².